The maximum atomic E-state index is 13.0. The van der Waals surface area contributed by atoms with Gasteiger partial charge in [0, 0.05) is 6.42 Å². The molecule has 0 fully saturated rings. The number of alkyl halides is 2. The summed E-state index contributed by atoms with van der Waals surface area (Å²) in [6.07, 6.45) is -0.0723. The Balaban J connectivity index is 2.88. The summed E-state index contributed by atoms with van der Waals surface area (Å²) in [5, 5.41) is 8.82. The zero-order valence-corrected chi connectivity index (χ0v) is 9.91. The van der Waals surface area contributed by atoms with Crippen molar-refractivity contribution in [2.75, 3.05) is 0 Å². The van der Waals surface area contributed by atoms with Gasteiger partial charge in [0.25, 0.3) is 0 Å². The molecule has 1 rings (SSSR count). The van der Waals surface area contributed by atoms with Crippen molar-refractivity contribution in [1.82, 2.24) is 0 Å². The fraction of sp³-hybridized carbons (Fsp3) is 0.462. The number of aliphatic carboxylic acids is 1. The molecule has 0 radical (unpaired) electrons. The van der Waals surface area contributed by atoms with Crippen LogP contribution in [0.2, 0.25) is 0 Å². The van der Waals surface area contributed by atoms with E-state index in [1.807, 2.05) is 0 Å². The van der Waals surface area contributed by atoms with Crippen LogP contribution in [-0.4, -0.2) is 17.0 Å². The van der Waals surface area contributed by atoms with Gasteiger partial charge in [-0.05, 0) is 24.5 Å². The Kier molecular flexibility index (Phi) is 4.21. The van der Waals surface area contributed by atoms with Crippen molar-refractivity contribution in [3.63, 3.8) is 0 Å². The number of carboxylic acids is 1. The third kappa shape index (κ3) is 4.51. The topological polar surface area (TPSA) is 37.3 Å². The molecule has 0 spiro atoms. The van der Waals surface area contributed by atoms with Gasteiger partial charge < -0.3 is 5.11 Å². The van der Waals surface area contributed by atoms with Crippen LogP contribution in [0.3, 0.4) is 0 Å². The first-order valence-electron chi connectivity index (χ1n) is 5.47. The molecule has 0 aliphatic carbocycles. The molecule has 1 unspecified atom stereocenters. The summed E-state index contributed by atoms with van der Waals surface area (Å²) in [5.74, 6) is -4.26. The average molecular weight is 242 g/mol. The van der Waals surface area contributed by atoms with Crippen molar-refractivity contribution >= 4 is 5.97 Å². The third-order valence-corrected chi connectivity index (χ3v) is 2.57. The lowest BCUT2D eigenvalue weighted by Crippen LogP contribution is -2.17. The molecule has 0 aromatic heterocycles. The van der Waals surface area contributed by atoms with Gasteiger partial charge >= 0.3 is 5.97 Å². The largest absolute Gasteiger partial charge is 0.481 e. The monoisotopic (exact) mass is 242 g/mol. The molecule has 1 aromatic rings. The molecule has 1 atom stereocenters. The highest BCUT2D eigenvalue weighted by atomic mass is 19.3. The van der Waals surface area contributed by atoms with Crippen LogP contribution in [0, 0.1) is 5.92 Å². The Morgan fingerprint density at radius 2 is 1.88 bits per heavy atom. The third-order valence-electron chi connectivity index (χ3n) is 2.57. The first kappa shape index (κ1) is 13.6. The van der Waals surface area contributed by atoms with Crippen LogP contribution < -0.4 is 0 Å². The number of hydrogen-bond acceptors (Lipinski definition) is 1. The van der Waals surface area contributed by atoms with E-state index >= 15 is 0 Å². The number of halogens is 2. The first-order chi connectivity index (χ1) is 7.79. The predicted octanol–water partition coefficient (Wildman–Crippen LogP) is 3.15. The van der Waals surface area contributed by atoms with Gasteiger partial charge in [0.15, 0.2) is 0 Å². The summed E-state index contributed by atoms with van der Waals surface area (Å²) in [6.45, 7) is 2.44. The van der Waals surface area contributed by atoms with Gasteiger partial charge in [0.2, 0.25) is 5.92 Å². The van der Waals surface area contributed by atoms with E-state index in [0.717, 1.165) is 6.92 Å². The Morgan fingerprint density at radius 1 is 1.35 bits per heavy atom. The summed E-state index contributed by atoms with van der Waals surface area (Å²) < 4.78 is 25.9. The zero-order valence-electron chi connectivity index (χ0n) is 9.91. The van der Waals surface area contributed by atoms with E-state index in [1.54, 1.807) is 31.2 Å². The second-order valence-corrected chi connectivity index (χ2v) is 4.46. The van der Waals surface area contributed by atoms with E-state index in [2.05, 4.69) is 0 Å². The van der Waals surface area contributed by atoms with Gasteiger partial charge in [-0.25, -0.2) is 8.78 Å². The van der Waals surface area contributed by atoms with E-state index in [0.29, 0.717) is 11.1 Å². The van der Waals surface area contributed by atoms with Crippen LogP contribution in [-0.2, 0) is 17.6 Å². The summed E-state index contributed by atoms with van der Waals surface area (Å²) in [5.41, 5.74) is 1.21. The van der Waals surface area contributed by atoms with E-state index < -0.39 is 17.8 Å². The van der Waals surface area contributed by atoms with Crippen molar-refractivity contribution < 1.29 is 18.7 Å². The van der Waals surface area contributed by atoms with Gasteiger partial charge in [-0.2, -0.15) is 0 Å². The second kappa shape index (κ2) is 5.25. The molecule has 1 aromatic carbocycles. The minimum absolute atomic E-state index is 0.279. The molecular formula is C13H16F2O2. The lowest BCUT2D eigenvalue weighted by molar-refractivity contribution is -0.141. The second-order valence-electron chi connectivity index (χ2n) is 4.46. The van der Waals surface area contributed by atoms with Crippen molar-refractivity contribution in [2.45, 2.75) is 32.6 Å². The van der Waals surface area contributed by atoms with E-state index in [-0.39, 0.29) is 12.8 Å². The molecule has 0 saturated heterocycles. The number of benzene rings is 1. The summed E-state index contributed by atoms with van der Waals surface area (Å²) in [6, 6.07) is 6.76. The normalized spacial score (nSPS) is 13.4. The summed E-state index contributed by atoms with van der Waals surface area (Å²) in [4.78, 5) is 10.8. The maximum Gasteiger partial charge on any atom is 0.306 e. The SMILES string of the molecule is CC(Cc1ccccc1CC(C)(F)F)C(=O)O. The highest BCUT2D eigenvalue weighted by molar-refractivity contribution is 5.70. The van der Waals surface area contributed by atoms with Gasteiger partial charge in [0.1, 0.15) is 0 Å². The van der Waals surface area contributed by atoms with Gasteiger partial charge in [0.05, 0.1) is 5.92 Å². The van der Waals surface area contributed by atoms with Crippen LogP contribution in [0.1, 0.15) is 25.0 Å². The van der Waals surface area contributed by atoms with E-state index in [9.17, 15) is 13.6 Å². The molecule has 0 saturated carbocycles. The van der Waals surface area contributed by atoms with Gasteiger partial charge in [-0.15, -0.1) is 0 Å². The molecule has 17 heavy (non-hydrogen) atoms. The Labute approximate surface area is 99.3 Å². The predicted molar refractivity (Wildman–Crippen MR) is 61.3 cm³/mol. The molecular weight excluding hydrogens is 226 g/mol. The number of hydrogen-bond donors (Lipinski definition) is 1. The molecule has 4 heteroatoms. The smallest absolute Gasteiger partial charge is 0.306 e. The number of rotatable bonds is 5. The van der Waals surface area contributed by atoms with Crippen molar-refractivity contribution in [3.8, 4) is 0 Å². The first-order valence-corrected chi connectivity index (χ1v) is 5.47. The Morgan fingerprint density at radius 3 is 2.35 bits per heavy atom. The van der Waals surface area contributed by atoms with Crippen LogP contribution in [0.15, 0.2) is 24.3 Å². The number of carbonyl (C=O) groups is 1. The zero-order chi connectivity index (χ0) is 13.1. The number of carboxylic acid groups (broad SMARTS) is 1. The molecule has 0 amide bonds. The molecule has 0 heterocycles. The minimum Gasteiger partial charge on any atom is -0.481 e. The van der Waals surface area contributed by atoms with Crippen LogP contribution in [0.5, 0.6) is 0 Å². The molecule has 0 aliphatic heterocycles. The van der Waals surface area contributed by atoms with Crippen LogP contribution in [0.4, 0.5) is 8.78 Å². The molecule has 2 nitrogen and oxygen atoms in total. The Bertz CT molecular complexity index is 397. The summed E-state index contributed by atoms with van der Waals surface area (Å²) in [7, 11) is 0. The van der Waals surface area contributed by atoms with Crippen molar-refractivity contribution in [2.24, 2.45) is 5.92 Å². The van der Waals surface area contributed by atoms with E-state index in [1.165, 1.54) is 0 Å². The van der Waals surface area contributed by atoms with Gasteiger partial charge in [-0.3, -0.25) is 4.79 Å². The summed E-state index contributed by atoms with van der Waals surface area (Å²) >= 11 is 0. The minimum atomic E-state index is -2.78. The average Bonchev–Trinajstić information content (AvgIpc) is 2.18. The van der Waals surface area contributed by atoms with Crippen LogP contribution in [0.25, 0.3) is 0 Å². The fourth-order valence-electron chi connectivity index (χ4n) is 1.68. The lowest BCUT2D eigenvalue weighted by atomic mass is 9.94. The van der Waals surface area contributed by atoms with Crippen molar-refractivity contribution in [3.05, 3.63) is 35.4 Å². The van der Waals surface area contributed by atoms with E-state index in [4.69, 9.17) is 5.11 Å². The quantitative estimate of drug-likeness (QED) is 0.861. The van der Waals surface area contributed by atoms with Gasteiger partial charge in [-0.1, -0.05) is 31.2 Å². The Hall–Kier alpha value is -1.45. The van der Waals surface area contributed by atoms with Crippen molar-refractivity contribution in [1.29, 1.82) is 0 Å². The standard InChI is InChI=1S/C13H16F2O2/c1-9(12(16)17)7-10-5-3-4-6-11(10)8-13(2,14)15/h3-6,9H,7-8H2,1-2H3,(H,16,17). The lowest BCUT2D eigenvalue weighted by Gasteiger charge is -2.15. The highest BCUT2D eigenvalue weighted by Crippen LogP contribution is 2.23. The molecule has 0 bridgehead atoms. The molecule has 0 aliphatic rings. The maximum absolute atomic E-state index is 13.0. The fourth-order valence-corrected chi connectivity index (χ4v) is 1.68. The highest BCUT2D eigenvalue weighted by Gasteiger charge is 2.23. The molecule has 94 valence electrons. The molecule has 1 N–H and O–H groups in total. The van der Waals surface area contributed by atoms with Crippen LogP contribution >= 0.6 is 0 Å².